The van der Waals surface area contributed by atoms with Gasteiger partial charge in [0.1, 0.15) is 6.29 Å². The van der Waals surface area contributed by atoms with Gasteiger partial charge in [0.15, 0.2) is 0 Å². The van der Waals surface area contributed by atoms with Crippen molar-refractivity contribution in [1.29, 1.82) is 0 Å². The van der Waals surface area contributed by atoms with Gasteiger partial charge in [-0.2, -0.15) is 0 Å². The van der Waals surface area contributed by atoms with Gasteiger partial charge in [-0.25, -0.2) is 0 Å². The van der Waals surface area contributed by atoms with Gasteiger partial charge in [-0.15, -0.1) is 0 Å². The third kappa shape index (κ3) is 3.34. The van der Waals surface area contributed by atoms with Crippen molar-refractivity contribution in [2.75, 3.05) is 0 Å². The molecule has 0 amide bonds. The van der Waals surface area contributed by atoms with E-state index in [0.29, 0.717) is 0 Å². The van der Waals surface area contributed by atoms with Gasteiger partial charge >= 0.3 is 0 Å². The Morgan fingerprint density at radius 1 is 0.957 bits per heavy atom. The highest BCUT2D eigenvalue weighted by atomic mass is 16.1. The van der Waals surface area contributed by atoms with E-state index in [9.17, 15) is 4.79 Å². The summed E-state index contributed by atoms with van der Waals surface area (Å²) in [5, 5.41) is 0. The van der Waals surface area contributed by atoms with Crippen LogP contribution in [0.15, 0.2) is 78.4 Å². The van der Waals surface area contributed by atoms with Crippen molar-refractivity contribution in [3.63, 3.8) is 0 Å². The van der Waals surface area contributed by atoms with Crippen LogP contribution in [0.3, 0.4) is 0 Å². The molecule has 0 bridgehead atoms. The minimum Gasteiger partial charge on any atom is -0.302 e. The first-order valence-electron chi connectivity index (χ1n) is 8.21. The Labute approximate surface area is 138 Å². The molecule has 1 nitrogen and oxygen atoms in total. The summed E-state index contributed by atoms with van der Waals surface area (Å²) in [5.74, 6) is 0. The smallest absolute Gasteiger partial charge is 0.129 e. The van der Waals surface area contributed by atoms with Crippen LogP contribution in [0.4, 0.5) is 0 Å². The molecule has 1 atom stereocenters. The molecule has 23 heavy (non-hydrogen) atoms. The molecule has 2 aromatic carbocycles. The minimum absolute atomic E-state index is 0.283. The van der Waals surface area contributed by atoms with Crippen molar-refractivity contribution in [2.45, 2.75) is 26.2 Å². The van der Waals surface area contributed by atoms with E-state index in [1.54, 1.807) is 0 Å². The third-order valence-corrected chi connectivity index (χ3v) is 4.76. The molecule has 0 N–H and O–H groups in total. The highest BCUT2D eigenvalue weighted by Gasteiger charge is 2.32. The van der Waals surface area contributed by atoms with E-state index in [-0.39, 0.29) is 5.41 Å². The lowest BCUT2D eigenvalue weighted by atomic mass is 9.85. The summed E-state index contributed by atoms with van der Waals surface area (Å²) in [6, 6.07) is 20.8. The lowest BCUT2D eigenvalue weighted by molar-refractivity contribution is -0.113. The van der Waals surface area contributed by atoms with Crippen LogP contribution in [-0.4, -0.2) is 6.29 Å². The molecule has 2 aromatic rings. The molecule has 1 aliphatic carbocycles. The second-order valence-corrected chi connectivity index (χ2v) is 6.39. The fourth-order valence-corrected chi connectivity index (χ4v) is 3.28. The molecule has 1 heteroatoms. The Bertz CT molecular complexity index is 684. The van der Waals surface area contributed by atoms with Crippen molar-refractivity contribution >= 4 is 11.9 Å². The topological polar surface area (TPSA) is 17.1 Å². The van der Waals surface area contributed by atoms with Gasteiger partial charge in [0, 0.05) is 5.41 Å². The van der Waals surface area contributed by atoms with Gasteiger partial charge in [-0.1, -0.05) is 78.4 Å². The summed E-state index contributed by atoms with van der Waals surface area (Å²) >= 11 is 0. The Kier molecular flexibility index (Phi) is 4.57. The predicted molar refractivity (Wildman–Crippen MR) is 96.1 cm³/mol. The normalized spacial score (nSPS) is 22.0. The van der Waals surface area contributed by atoms with Crippen LogP contribution >= 0.6 is 0 Å². The van der Waals surface area contributed by atoms with E-state index >= 15 is 0 Å². The molecule has 3 rings (SSSR count). The summed E-state index contributed by atoms with van der Waals surface area (Å²) in [7, 11) is 0. The summed E-state index contributed by atoms with van der Waals surface area (Å²) in [6.07, 6.45) is 8.53. The average molecular weight is 302 g/mol. The van der Waals surface area contributed by atoms with Gasteiger partial charge in [0.05, 0.1) is 0 Å². The van der Waals surface area contributed by atoms with Crippen molar-refractivity contribution in [3.8, 4) is 0 Å². The number of rotatable bonds is 4. The summed E-state index contributed by atoms with van der Waals surface area (Å²) < 4.78 is 0. The number of carbonyl (C=O) groups excluding carboxylic acids is 1. The molecule has 0 aromatic heterocycles. The van der Waals surface area contributed by atoms with Gasteiger partial charge in [-0.3, -0.25) is 0 Å². The Balaban J connectivity index is 2.04. The summed E-state index contributed by atoms with van der Waals surface area (Å²) in [6.45, 7) is 2.05. The first-order valence-corrected chi connectivity index (χ1v) is 8.21. The largest absolute Gasteiger partial charge is 0.302 e. The van der Waals surface area contributed by atoms with E-state index in [1.807, 2.05) is 12.1 Å². The molecule has 0 spiro atoms. The monoisotopic (exact) mass is 302 g/mol. The molecule has 1 unspecified atom stereocenters. The zero-order chi connectivity index (χ0) is 16.1. The number of carbonyl (C=O) groups is 1. The van der Waals surface area contributed by atoms with Crippen molar-refractivity contribution in [3.05, 3.63) is 89.5 Å². The number of aldehydes is 1. The van der Waals surface area contributed by atoms with Crippen LogP contribution in [0, 0.1) is 5.41 Å². The molecule has 116 valence electrons. The Morgan fingerprint density at radius 3 is 2.04 bits per heavy atom. The molecule has 0 heterocycles. The van der Waals surface area contributed by atoms with Crippen LogP contribution in [0.25, 0.3) is 5.57 Å². The van der Waals surface area contributed by atoms with Crippen LogP contribution in [0.2, 0.25) is 0 Å². The van der Waals surface area contributed by atoms with Gasteiger partial charge < -0.3 is 4.79 Å². The lowest BCUT2D eigenvalue weighted by Crippen LogP contribution is -2.14. The standard InChI is InChI=1S/C22H22O/c1-22(17-23)16-8-13-20(22)14-15-21(18-9-4-2-5-10-18)19-11-6-3-7-12-19/h2-7,9-12,14-15,17H,8,13,16H2,1H3/b20-14+. The number of hydrogen-bond donors (Lipinski definition) is 0. The van der Waals surface area contributed by atoms with Crippen molar-refractivity contribution in [2.24, 2.45) is 5.41 Å². The van der Waals surface area contributed by atoms with E-state index in [1.165, 1.54) is 22.3 Å². The maximum atomic E-state index is 11.5. The Hall–Kier alpha value is -2.41. The maximum Gasteiger partial charge on any atom is 0.129 e. The van der Waals surface area contributed by atoms with Gasteiger partial charge in [0.2, 0.25) is 0 Å². The SMILES string of the molecule is CC1(C=O)CCC/C1=C\C=C(c1ccccc1)c1ccccc1. The molecule has 1 aliphatic rings. The molecule has 0 saturated heterocycles. The van der Waals surface area contributed by atoms with Crippen molar-refractivity contribution < 1.29 is 4.79 Å². The first kappa shape index (κ1) is 15.5. The second-order valence-electron chi connectivity index (χ2n) is 6.39. The molecular formula is C22H22O. The van der Waals surface area contributed by atoms with E-state index < -0.39 is 0 Å². The summed E-state index contributed by atoms with van der Waals surface area (Å²) in [5.41, 5.74) is 4.55. The molecular weight excluding hydrogens is 280 g/mol. The molecule has 1 fully saturated rings. The van der Waals surface area contributed by atoms with Gasteiger partial charge in [0.25, 0.3) is 0 Å². The fraction of sp³-hybridized carbons (Fsp3) is 0.227. The average Bonchev–Trinajstić information content (AvgIpc) is 2.99. The zero-order valence-electron chi connectivity index (χ0n) is 13.5. The minimum atomic E-state index is -0.283. The Morgan fingerprint density at radius 2 is 1.52 bits per heavy atom. The number of hydrogen-bond acceptors (Lipinski definition) is 1. The number of allylic oxidation sites excluding steroid dienone is 3. The first-order chi connectivity index (χ1) is 11.2. The van der Waals surface area contributed by atoms with Crippen molar-refractivity contribution in [1.82, 2.24) is 0 Å². The highest BCUT2D eigenvalue weighted by Crippen LogP contribution is 2.41. The molecule has 1 saturated carbocycles. The van der Waals surface area contributed by atoms with Crippen LogP contribution < -0.4 is 0 Å². The van der Waals surface area contributed by atoms with E-state index in [2.05, 4.69) is 67.6 Å². The summed E-state index contributed by atoms with van der Waals surface area (Å²) in [4.78, 5) is 11.5. The fourth-order valence-electron chi connectivity index (χ4n) is 3.28. The molecule has 0 aliphatic heterocycles. The second kappa shape index (κ2) is 6.78. The predicted octanol–water partition coefficient (Wildman–Crippen LogP) is 5.43. The van der Waals surface area contributed by atoms with Crippen LogP contribution in [0.5, 0.6) is 0 Å². The number of benzene rings is 2. The van der Waals surface area contributed by atoms with Crippen LogP contribution in [0.1, 0.15) is 37.3 Å². The van der Waals surface area contributed by atoms with Crippen LogP contribution in [-0.2, 0) is 4.79 Å². The molecule has 0 radical (unpaired) electrons. The third-order valence-electron chi connectivity index (χ3n) is 4.76. The highest BCUT2D eigenvalue weighted by molar-refractivity contribution is 5.81. The van der Waals surface area contributed by atoms with E-state index in [0.717, 1.165) is 25.5 Å². The van der Waals surface area contributed by atoms with Gasteiger partial charge in [-0.05, 0) is 42.9 Å². The van der Waals surface area contributed by atoms with E-state index in [4.69, 9.17) is 0 Å². The quantitative estimate of drug-likeness (QED) is 0.688. The zero-order valence-corrected chi connectivity index (χ0v) is 13.5. The maximum absolute atomic E-state index is 11.5. The lowest BCUT2D eigenvalue weighted by Gasteiger charge is -2.17.